The maximum atomic E-state index is 14.2. The predicted molar refractivity (Wildman–Crippen MR) is 171 cm³/mol. The number of amides is 1. The monoisotopic (exact) mass is 571 g/mol. The summed E-state index contributed by atoms with van der Waals surface area (Å²) in [4.78, 5) is 18.6. The molecule has 0 unspecified atom stereocenters. The molecule has 6 nitrogen and oxygen atoms in total. The Morgan fingerprint density at radius 1 is 0.674 bits per heavy atom. The molecule has 0 spiro atoms. The van der Waals surface area contributed by atoms with Gasteiger partial charge in [-0.05, 0) is 29.7 Å². The first-order chi connectivity index (χ1) is 21.1. The lowest BCUT2D eigenvalue weighted by Gasteiger charge is -2.39. The van der Waals surface area contributed by atoms with Gasteiger partial charge in [0.2, 0.25) is 0 Å². The third kappa shape index (κ3) is 5.79. The number of carbonyl (C=O) groups is 1. The van der Waals surface area contributed by atoms with Gasteiger partial charge in [-0.25, -0.2) is 0 Å². The number of hydrogen-bond acceptors (Lipinski definition) is 4. The number of methoxy groups -OCH3 is 2. The van der Waals surface area contributed by atoms with Gasteiger partial charge in [0.25, 0.3) is 5.91 Å². The molecule has 2 heterocycles. The average Bonchev–Trinajstić information content (AvgIpc) is 3.42. The molecule has 1 amide bonds. The van der Waals surface area contributed by atoms with Gasteiger partial charge in [-0.1, -0.05) is 91.0 Å². The summed E-state index contributed by atoms with van der Waals surface area (Å²) in [7, 11) is 3.29. The summed E-state index contributed by atoms with van der Waals surface area (Å²) in [5, 5.41) is 0. The quantitative estimate of drug-likeness (QED) is 0.201. The predicted octanol–water partition coefficient (Wildman–Crippen LogP) is 7.02. The number of ether oxygens (including phenoxy) is 2. The van der Waals surface area contributed by atoms with E-state index >= 15 is 0 Å². The second-order valence-electron chi connectivity index (χ2n) is 10.9. The lowest BCUT2D eigenvalue weighted by molar-refractivity contribution is 0.0596. The van der Waals surface area contributed by atoms with Crippen molar-refractivity contribution in [1.82, 2.24) is 14.4 Å². The maximum absolute atomic E-state index is 14.2. The zero-order chi connectivity index (χ0) is 29.8. The van der Waals surface area contributed by atoms with Crippen LogP contribution < -0.4 is 9.47 Å². The van der Waals surface area contributed by atoms with E-state index < -0.39 is 0 Å². The first-order valence-corrected chi connectivity index (χ1v) is 14.7. The Bertz CT molecular complexity index is 1610. The molecule has 1 aliphatic heterocycles. The van der Waals surface area contributed by atoms with E-state index in [0.717, 1.165) is 35.7 Å². The van der Waals surface area contributed by atoms with Crippen LogP contribution in [0.2, 0.25) is 0 Å². The number of hydrogen-bond donors (Lipinski definition) is 0. The fourth-order valence-electron chi connectivity index (χ4n) is 6.14. The minimum atomic E-state index is 0.0546. The van der Waals surface area contributed by atoms with Crippen molar-refractivity contribution >= 4 is 5.91 Å². The van der Waals surface area contributed by atoms with Gasteiger partial charge in [-0.3, -0.25) is 9.69 Å². The molecule has 0 saturated carbocycles. The van der Waals surface area contributed by atoms with E-state index in [4.69, 9.17) is 9.47 Å². The van der Waals surface area contributed by atoms with Gasteiger partial charge in [0.15, 0.2) is 0 Å². The summed E-state index contributed by atoms with van der Waals surface area (Å²) in [5.74, 6) is 1.44. The first kappa shape index (κ1) is 28.3. The van der Waals surface area contributed by atoms with E-state index in [1.54, 1.807) is 14.2 Å². The summed E-state index contributed by atoms with van der Waals surface area (Å²) < 4.78 is 13.3. The fraction of sp³-hybridized carbons (Fsp3) is 0.216. The highest BCUT2D eigenvalue weighted by Gasteiger charge is 2.30. The molecule has 0 aliphatic carbocycles. The van der Waals surface area contributed by atoms with E-state index in [0.29, 0.717) is 30.2 Å². The second kappa shape index (κ2) is 12.6. The zero-order valence-corrected chi connectivity index (χ0v) is 24.9. The van der Waals surface area contributed by atoms with Crippen molar-refractivity contribution in [2.75, 3.05) is 40.4 Å². The number of piperazine rings is 1. The van der Waals surface area contributed by atoms with Crippen molar-refractivity contribution in [3.05, 3.63) is 138 Å². The minimum Gasteiger partial charge on any atom is -0.497 e. The molecule has 1 fully saturated rings. The molecular weight excluding hydrogens is 534 g/mol. The molecule has 4 aromatic carbocycles. The van der Waals surface area contributed by atoms with Crippen molar-refractivity contribution in [3.8, 4) is 28.4 Å². The number of carbonyl (C=O) groups excluding carboxylic acids is 1. The molecule has 0 radical (unpaired) electrons. The molecule has 218 valence electrons. The summed E-state index contributed by atoms with van der Waals surface area (Å²) in [6.07, 6.45) is 0. The molecule has 1 aliphatic rings. The van der Waals surface area contributed by atoms with Gasteiger partial charge >= 0.3 is 0 Å². The number of nitrogens with zero attached hydrogens (tertiary/aromatic N) is 3. The molecule has 1 aromatic heterocycles. The summed E-state index contributed by atoms with van der Waals surface area (Å²) >= 11 is 0. The number of benzene rings is 4. The highest BCUT2D eigenvalue weighted by atomic mass is 16.5. The van der Waals surface area contributed by atoms with E-state index in [1.807, 2.05) is 54.3 Å². The lowest BCUT2D eigenvalue weighted by Crippen LogP contribution is -2.50. The van der Waals surface area contributed by atoms with Crippen molar-refractivity contribution in [2.24, 2.45) is 0 Å². The smallest absolute Gasteiger partial charge is 0.255 e. The van der Waals surface area contributed by atoms with Crippen LogP contribution in [0.5, 0.6) is 11.5 Å². The van der Waals surface area contributed by atoms with Crippen LogP contribution in [0.1, 0.15) is 33.2 Å². The van der Waals surface area contributed by atoms with Crippen molar-refractivity contribution in [3.63, 3.8) is 0 Å². The summed E-state index contributed by atoms with van der Waals surface area (Å²) in [6, 6.07) is 39.5. The van der Waals surface area contributed by atoms with Crippen LogP contribution in [0.15, 0.2) is 115 Å². The molecule has 0 bridgehead atoms. The third-order valence-electron chi connectivity index (χ3n) is 8.34. The van der Waals surface area contributed by atoms with Crippen LogP contribution in [-0.4, -0.2) is 60.7 Å². The third-order valence-corrected chi connectivity index (χ3v) is 8.34. The van der Waals surface area contributed by atoms with Crippen LogP contribution in [0.4, 0.5) is 0 Å². The summed E-state index contributed by atoms with van der Waals surface area (Å²) in [5.41, 5.74) is 6.98. The molecule has 0 N–H and O–H groups in total. The number of aromatic nitrogens is 1. The van der Waals surface area contributed by atoms with Crippen molar-refractivity contribution in [2.45, 2.75) is 13.0 Å². The van der Waals surface area contributed by atoms with Crippen LogP contribution >= 0.6 is 0 Å². The fourth-order valence-corrected chi connectivity index (χ4v) is 6.14. The van der Waals surface area contributed by atoms with Crippen molar-refractivity contribution < 1.29 is 14.3 Å². The first-order valence-electron chi connectivity index (χ1n) is 14.7. The Hall–Kier alpha value is -4.81. The Labute approximate surface area is 253 Å². The van der Waals surface area contributed by atoms with E-state index in [1.165, 1.54) is 11.1 Å². The van der Waals surface area contributed by atoms with Crippen LogP contribution in [-0.2, 0) is 0 Å². The topological polar surface area (TPSA) is 46.9 Å². The molecule has 6 heteroatoms. The standard InChI is InChI=1S/C37H37N3O3/c1-27-34(26-35(28-13-7-4-8-14-28)40(27)31-23-32(42-2)25-33(24-31)43-3)37(41)39-21-19-38(20-22-39)36(29-15-9-5-10-16-29)30-17-11-6-12-18-30/h4-18,23-26,36H,19-22H2,1-3H3. The Kier molecular flexibility index (Phi) is 8.29. The van der Waals surface area contributed by atoms with Crippen LogP contribution in [0, 0.1) is 6.92 Å². The van der Waals surface area contributed by atoms with Gasteiger partial charge in [0.1, 0.15) is 11.5 Å². The van der Waals surface area contributed by atoms with Crippen LogP contribution in [0.25, 0.3) is 16.9 Å². The zero-order valence-electron chi connectivity index (χ0n) is 24.9. The average molecular weight is 572 g/mol. The van der Waals surface area contributed by atoms with Gasteiger partial charge in [0.05, 0.1) is 37.2 Å². The SMILES string of the molecule is COc1cc(OC)cc(-n2c(-c3ccccc3)cc(C(=O)N3CCN(C(c4ccccc4)c4ccccc4)CC3)c2C)c1. The van der Waals surface area contributed by atoms with Gasteiger partial charge in [-0.2, -0.15) is 0 Å². The molecular formula is C37H37N3O3. The Morgan fingerprint density at radius 2 is 1.19 bits per heavy atom. The van der Waals surface area contributed by atoms with E-state index in [-0.39, 0.29) is 11.9 Å². The summed E-state index contributed by atoms with van der Waals surface area (Å²) in [6.45, 7) is 4.92. The normalized spacial score (nSPS) is 13.7. The van der Waals surface area contributed by atoms with Crippen LogP contribution in [0.3, 0.4) is 0 Å². The largest absolute Gasteiger partial charge is 0.497 e. The van der Waals surface area contributed by atoms with E-state index in [2.05, 4.69) is 82.3 Å². The number of rotatable bonds is 8. The Balaban J connectivity index is 1.31. The second-order valence-corrected chi connectivity index (χ2v) is 10.9. The van der Waals surface area contributed by atoms with Gasteiger partial charge in [-0.15, -0.1) is 0 Å². The maximum Gasteiger partial charge on any atom is 0.255 e. The molecule has 43 heavy (non-hydrogen) atoms. The van der Waals surface area contributed by atoms with E-state index in [9.17, 15) is 4.79 Å². The van der Waals surface area contributed by atoms with Gasteiger partial charge < -0.3 is 18.9 Å². The molecule has 1 saturated heterocycles. The Morgan fingerprint density at radius 3 is 1.70 bits per heavy atom. The van der Waals surface area contributed by atoms with Crippen molar-refractivity contribution in [1.29, 1.82) is 0 Å². The highest BCUT2D eigenvalue weighted by molar-refractivity contribution is 5.97. The highest BCUT2D eigenvalue weighted by Crippen LogP contribution is 2.34. The molecule has 0 atom stereocenters. The lowest BCUT2D eigenvalue weighted by atomic mass is 9.96. The molecule has 5 aromatic rings. The van der Waals surface area contributed by atoms with Gasteiger partial charge in [0, 0.05) is 50.1 Å². The molecule has 6 rings (SSSR count). The minimum absolute atomic E-state index is 0.0546.